The van der Waals surface area contributed by atoms with Gasteiger partial charge in [0.2, 0.25) is 5.91 Å². The summed E-state index contributed by atoms with van der Waals surface area (Å²) in [6.45, 7) is 0.788. The van der Waals surface area contributed by atoms with E-state index in [1.165, 1.54) is 17.3 Å². The lowest BCUT2D eigenvalue weighted by Gasteiger charge is -2.14. The van der Waals surface area contributed by atoms with Gasteiger partial charge >= 0.3 is 0 Å². The van der Waals surface area contributed by atoms with E-state index in [4.69, 9.17) is 0 Å². The van der Waals surface area contributed by atoms with Crippen LogP contribution in [-0.2, 0) is 11.3 Å². The number of nitrogens with zero attached hydrogens (tertiary/aromatic N) is 4. The Bertz CT molecular complexity index is 1280. The zero-order valence-corrected chi connectivity index (χ0v) is 17.6. The summed E-state index contributed by atoms with van der Waals surface area (Å²) < 4.78 is 2.23. The van der Waals surface area contributed by atoms with Gasteiger partial charge < -0.3 is 4.57 Å². The van der Waals surface area contributed by atoms with Crippen LogP contribution >= 0.6 is 11.8 Å². The highest BCUT2D eigenvalue weighted by Gasteiger charge is 2.29. The first-order valence-corrected chi connectivity index (χ1v) is 11.0. The first-order valence-electron chi connectivity index (χ1n) is 10.0. The average Bonchev–Trinajstić information content (AvgIpc) is 3.35. The first kappa shape index (κ1) is 19.3. The molecule has 0 spiro atoms. The number of para-hydroxylation sites is 2. The summed E-state index contributed by atoms with van der Waals surface area (Å²) in [6.07, 6.45) is 3.87. The third-order valence-corrected chi connectivity index (χ3v) is 6.05. The van der Waals surface area contributed by atoms with E-state index in [2.05, 4.69) is 57.4 Å². The van der Waals surface area contributed by atoms with Crippen LogP contribution in [0.4, 0.5) is 5.69 Å². The molecule has 1 fully saturated rings. The molecule has 152 valence electrons. The summed E-state index contributed by atoms with van der Waals surface area (Å²) in [7, 11) is 0. The Morgan fingerprint density at radius 3 is 2.42 bits per heavy atom. The van der Waals surface area contributed by atoms with Crippen LogP contribution < -0.4 is 4.90 Å². The van der Waals surface area contributed by atoms with Crippen LogP contribution in [0.15, 0.2) is 101 Å². The molecular formula is C25H20N4OS. The van der Waals surface area contributed by atoms with Crippen molar-refractivity contribution < 1.29 is 4.79 Å². The van der Waals surface area contributed by atoms with E-state index >= 15 is 0 Å². The molecule has 1 aromatic heterocycles. The standard InChI is InChI=1S/C25H20N4OS/c30-24-18-31-25(29(24)21-11-5-2-6-12-21)27-26-15-20-17-28(16-19-9-3-1-4-10-19)23-14-8-7-13-22(20)23/h1-15,17H,16,18H2. The van der Waals surface area contributed by atoms with Gasteiger partial charge in [-0.3, -0.25) is 9.69 Å². The number of anilines is 1. The Morgan fingerprint density at radius 2 is 1.61 bits per heavy atom. The third kappa shape index (κ3) is 4.02. The first-order chi connectivity index (χ1) is 15.3. The number of amidine groups is 1. The topological polar surface area (TPSA) is 50.0 Å². The van der Waals surface area contributed by atoms with Gasteiger partial charge in [0.05, 0.1) is 17.7 Å². The molecule has 1 amide bonds. The summed E-state index contributed by atoms with van der Waals surface area (Å²) in [5.74, 6) is 0.393. The molecule has 0 radical (unpaired) electrons. The van der Waals surface area contributed by atoms with Crippen molar-refractivity contribution in [2.75, 3.05) is 10.7 Å². The van der Waals surface area contributed by atoms with E-state index < -0.39 is 0 Å². The van der Waals surface area contributed by atoms with Crippen molar-refractivity contribution in [3.05, 3.63) is 102 Å². The molecule has 0 aliphatic carbocycles. The van der Waals surface area contributed by atoms with Crippen molar-refractivity contribution in [1.29, 1.82) is 0 Å². The Balaban J connectivity index is 1.44. The minimum atomic E-state index is 0.0182. The lowest BCUT2D eigenvalue weighted by atomic mass is 10.2. The van der Waals surface area contributed by atoms with Crippen molar-refractivity contribution in [1.82, 2.24) is 4.57 Å². The molecule has 0 unspecified atom stereocenters. The van der Waals surface area contributed by atoms with Gasteiger partial charge in [-0.1, -0.05) is 78.5 Å². The fourth-order valence-corrected chi connectivity index (χ4v) is 4.52. The molecule has 1 aliphatic heterocycles. The van der Waals surface area contributed by atoms with E-state index in [-0.39, 0.29) is 5.91 Å². The maximum atomic E-state index is 12.3. The summed E-state index contributed by atoms with van der Waals surface area (Å²) in [4.78, 5) is 14.0. The molecule has 4 aromatic rings. The molecule has 5 nitrogen and oxygen atoms in total. The van der Waals surface area contributed by atoms with Gasteiger partial charge in [0.1, 0.15) is 0 Å². The molecule has 31 heavy (non-hydrogen) atoms. The van der Waals surface area contributed by atoms with E-state index in [9.17, 15) is 4.79 Å². The molecule has 0 saturated carbocycles. The number of aromatic nitrogens is 1. The second-order valence-corrected chi connectivity index (χ2v) is 8.14. The molecule has 6 heteroatoms. The second kappa shape index (κ2) is 8.62. The number of fused-ring (bicyclic) bond motifs is 1. The van der Waals surface area contributed by atoms with Gasteiger partial charge in [-0.25, -0.2) is 0 Å². The Hall–Kier alpha value is -3.64. The van der Waals surface area contributed by atoms with Crippen LogP contribution in [0.1, 0.15) is 11.1 Å². The van der Waals surface area contributed by atoms with Crippen LogP contribution in [0.25, 0.3) is 10.9 Å². The maximum Gasteiger partial charge on any atom is 0.243 e. The molecule has 1 saturated heterocycles. The quantitative estimate of drug-likeness (QED) is 0.328. The fourth-order valence-electron chi connectivity index (χ4n) is 3.70. The van der Waals surface area contributed by atoms with Crippen molar-refractivity contribution in [2.45, 2.75) is 6.54 Å². The number of carbonyl (C=O) groups excluding carboxylic acids is 1. The fraction of sp³-hybridized carbons (Fsp3) is 0.0800. The minimum absolute atomic E-state index is 0.0182. The van der Waals surface area contributed by atoms with Crippen molar-refractivity contribution in [3.8, 4) is 0 Å². The highest BCUT2D eigenvalue weighted by molar-refractivity contribution is 8.15. The van der Waals surface area contributed by atoms with Crippen molar-refractivity contribution >= 4 is 45.6 Å². The van der Waals surface area contributed by atoms with Crippen LogP contribution in [0.5, 0.6) is 0 Å². The highest BCUT2D eigenvalue weighted by Crippen LogP contribution is 2.26. The van der Waals surface area contributed by atoms with Crippen LogP contribution in [-0.4, -0.2) is 27.6 Å². The summed E-state index contributed by atoms with van der Waals surface area (Å²) in [5, 5.41) is 10.4. The zero-order valence-electron chi connectivity index (χ0n) is 16.8. The third-order valence-electron chi connectivity index (χ3n) is 5.14. The Kier molecular flexibility index (Phi) is 5.37. The smallest absolute Gasteiger partial charge is 0.243 e. The van der Waals surface area contributed by atoms with Crippen molar-refractivity contribution in [3.63, 3.8) is 0 Å². The minimum Gasteiger partial charge on any atom is -0.342 e. The second-order valence-electron chi connectivity index (χ2n) is 7.20. The molecule has 0 atom stereocenters. The van der Waals surface area contributed by atoms with E-state index in [0.29, 0.717) is 10.9 Å². The van der Waals surface area contributed by atoms with Gasteiger partial charge in [-0.2, -0.15) is 5.10 Å². The molecule has 5 rings (SSSR count). The maximum absolute atomic E-state index is 12.3. The van der Waals surface area contributed by atoms with Crippen LogP contribution in [0.2, 0.25) is 0 Å². The summed E-state index contributed by atoms with van der Waals surface area (Å²) >= 11 is 1.41. The van der Waals surface area contributed by atoms with Crippen LogP contribution in [0.3, 0.4) is 0 Å². The number of hydrogen-bond acceptors (Lipinski definition) is 4. The normalized spacial score (nSPS) is 15.5. The number of benzene rings is 3. The number of hydrogen-bond donors (Lipinski definition) is 0. The summed E-state index contributed by atoms with van der Waals surface area (Å²) in [5.41, 5.74) is 4.20. The number of rotatable bonds is 5. The van der Waals surface area contributed by atoms with E-state index in [1.54, 1.807) is 11.1 Å². The predicted molar refractivity (Wildman–Crippen MR) is 129 cm³/mol. The van der Waals surface area contributed by atoms with Gasteiger partial charge in [-0.05, 0) is 23.8 Å². The van der Waals surface area contributed by atoms with E-state index in [1.807, 2.05) is 48.5 Å². The van der Waals surface area contributed by atoms with Gasteiger partial charge in [-0.15, -0.1) is 5.10 Å². The van der Waals surface area contributed by atoms with E-state index in [0.717, 1.165) is 28.7 Å². The Morgan fingerprint density at radius 1 is 0.903 bits per heavy atom. The lowest BCUT2D eigenvalue weighted by Crippen LogP contribution is -2.28. The molecule has 0 N–H and O–H groups in total. The largest absolute Gasteiger partial charge is 0.342 e. The van der Waals surface area contributed by atoms with Gasteiger partial charge in [0.15, 0.2) is 5.17 Å². The number of carbonyl (C=O) groups is 1. The lowest BCUT2D eigenvalue weighted by molar-refractivity contribution is -0.115. The molecule has 2 heterocycles. The number of amides is 1. The monoisotopic (exact) mass is 424 g/mol. The van der Waals surface area contributed by atoms with Crippen LogP contribution in [0, 0.1) is 0 Å². The molecule has 1 aliphatic rings. The zero-order chi connectivity index (χ0) is 21.0. The molecule has 0 bridgehead atoms. The molecule has 3 aromatic carbocycles. The average molecular weight is 425 g/mol. The molecular weight excluding hydrogens is 404 g/mol. The summed E-state index contributed by atoms with van der Waals surface area (Å²) in [6, 6.07) is 28.2. The SMILES string of the molecule is O=C1CSC(=NN=Cc2cn(Cc3ccccc3)c3ccccc23)N1c1ccccc1. The predicted octanol–water partition coefficient (Wildman–Crippen LogP) is 5.16. The number of thioether (sulfide) groups is 1. The van der Waals surface area contributed by atoms with Crippen molar-refractivity contribution in [2.24, 2.45) is 10.2 Å². The van der Waals surface area contributed by atoms with Gasteiger partial charge in [0, 0.05) is 29.2 Å². The van der Waals surface area contributed by atoms with Gasteiger partial charge in [0.25, 0.3) is 0 Å². The Labute approximate surface area is 184 Å². The highest BCUT2D eigenvalue weighted by atomic mass is 32.2.